The number of halogens is 7. The van der Waals surface area contributed by atoms with Gasteiger partial charge in [-0.25, -0.2) is 31.3 Å². The third-order valence-electron chi connectivity index (χ3n) is 16.2. The van der Waals surface area contributed by atoms with E-state index in [1.165, 1.54) is 75.3 Å². The van der Waals surface area contributed by atoms with Crippen LogP contribution in [0.2, 0.25) is 5.02 Å². The number of rotatable bonds is 14. The van der Waals surface area contributed by atoms with Crippen LogP contribution in [0.15, 0.2) is 261 Å². The molecule has 1 heterocycles. The Morgan fingerprint density at radius 1 is 0.330 bits per heavy atom. The van der Waals surface area contributed by atoms with Gasteiger partial charge in [0, 0.05) is 29.2 Å². The maximum Gasteiger partial charge on any atom is 0.159 e. The molecule has 0 amide bonds. The Balaban J connectivity index is 0.000000303. The lowest BCUT2D eigenvalue weighted by Crippen LogP contribution is -1.95. The predicted octanol–water partition coefficient (Wildman–Crippen LogP) is 28.6. The van der Waals surface area contributed by atoms with Crippen molar-refractivity contribution < 1.29 is 35.8 Å². The van der Waals surface area contributed by atoms with Crippen molar-refractivity contribution in [1.82, 2.24) is 9.55 Å². The first-order chi connectivity index (χ1) is 48.9. The monoisotopic (exact) mass is 1420 g/mol. The summed E-state index contributed by atoms with van der Waals surface area (Å²) in [6, 6.07) is 74.8. The van der Waals surface area contributed by atoms with E-state index in [1.54, 1.807) is 31.5 Å². The highest BCUT2D eigenvalue weighted by Crippen LogP contribution is 2.24. The second-order valence-corrected chi connectivity index (χ2v) is 27.9. The lowest BCUT2D eigenvalue weighted by Gasteiger charge is -2.08. The van der Waals surface area contributed by atoms with Crippen molar-refractivity contribution in [1.29, 1.82) is 0 Å². The average molecular weight is 1430 g/mol. The molecule has 11 rings (SSSR count). The van der Waals surface area contributed by atoms with Gasteiger partial charge in [-0.15, -0.1) is 0 Å². The topological polar surface area (TPSA) is 36.3 Å². The molecule has 0 aliphatic carbocycles. The van der Waals surface area contributed by atoms with Gasteiger partial charge in [0.2, 0.25) is 0 Å². The summed E-state index contributed by atoms with van der Waals surface area (Å²) in [5.74, 6) is 3.27. The maximum atomic E-state index is 12.9. The number of methoxy groups -OCH3 is 1. The fourth-order valence-electron chi connectivity index (χ4n) is 9.36. The summed E-state index contributed by atoms with van der Waals surface area (Å²) in [7, 11) is 1.68. The first kappa shape index (κ1) is 88.1. The van der Waals surface area contributed by atoms with Gasteiger partial charge in [0.15, 0.2) is 11.6 Å². The quantitative estimate of drug-likeness (QED) is 0.102. The Kier molecular flexibility index (Phi) is 41.0. The molecule has 550 valence electrons. The van der Waals surface area contributed by atoms with Crippen molar-refractivity contribution in [2.45, 2.75) is 184 Å². The molecule has 0 spiro atoms. The van der Waals surface area contributed by atoms with Gasteiger partial charge in [-0.2, -0.15) is 0 Å². The lowest BCUT2D eigenvalue weighted by molar-refractivity contribution is 0.306. The lowest BCUT2D eigenvalue weighted by atomic mass is 10.0. The zero-order valence-corrected chi connectivity index (χ0v) is 64.8. The van der Waals surface area contributed by atoms with Crippen LogP contribution in [0.3, 0.4) is 0 Å². The number of aromatic nitrogens is 2. The minimum atomic E-state index is -0.783. The molecule has 0 atom stereocenters. The molecule has 1 aromatic heterocycles. The summed E-state index contributed by atoms with van der Waals surface area (Å²) in [6.07, 6.45) is 5.55. The van der Waals surface area contributed by atoms with E-state index < -0.39 is 23.3 Å². The fourth-order valence-corrected chi connectivity index (χ4v) is 9.49. The molecule has 11 heteroatoms. The number of ether oxygens (including phenoxy) is 2. The summed E-state index contributed by atoms with van der Waals surface area (Å²) < 4.78 is 87.8. The standard InChI is InChI=1S/C16H18O.C12H14N2.C10H14O.C9H11Cl.2C9H10F2.2C9H11F.C9H12/c1-13(2)15-8-10-16(11-9-15)17-12-14-6-4-3-5-7-14;1-10(2)11-3-5-12(6-4-11)14-8-7-13-9-14;1-8(2)9-4-6-10(11-3)7-5-9;1-7(2)8-3-5-9(10)6-4-8;1-6(2)8-4-3-7(10)5-9(8)11;1-6(2)7-3-4-8(10)9(11)5-7;1-7(2)8-3-5-9(10)6-4-8;1-7(2)8-4-3-5-9(10)6-8;1-8(2)9-6-4-3-5-7-9/h3-11,13H,12H2,1-2H3;3-10H,1-2H3;4-8H,1-3H3;3-7H,1-2H3;2*3-6H,1-2H3;2*3-7H,1-2H3;3-8H,1-2H3. The SMILES string of the molecule is CC(C)c1ccc(-n2ccnc2)cc1.CC(C)c1ccc(Cl)cc1.CC(C)c1ccc(F)c(F)c1.CC(C)c1ccc(F)cc1.CC(C)c1ccc(F)cc1F.CC(C)c1ccc(OCc2ccccc2)cc1.CC(C)c1cccc(F)c1.CC(C)c1ccccc1.COc1ccc(C(C)C)cc1. The van der Waals surface area contributed by atoms with Crippen molar-refractivity contribution in [3.63, 3.8) is 0 Å². The molecule has 0 aliphatic heterocycles. The molecule has 0 saturated carbocycles. The van der Waals surface area contributed by atoms with Crippen LogP contribution in [0.5, 0.6) is 11.5 Å². The summed E-state index contributed by atoms with van der Waals surface area (Å²) in [5, 5.41) is 0.810. The van der Waals surface area contributed by atoms with Crippen LogP contribution in [0.4, 0.5) is 26.3 Å². The first-order valence-electron chi connectivity index (χ1n) is 35.6. The van der Waals surface area contributed by atoms with Crippen LogP contribution in [0.1, 0.15) is 234 Å². The molecule has 103 heavy (non-hydrogen) atoms. The Hall–Kier alpha value is -9.12. The molecule has 0 N–H and O–H groups in total. The van der Waals surface area contributed by atoms with Crippen LogP contribution in [0, 0.1) is 34.9 Å². The summed E-state index contributed by atoms with van der Waals surface area (Å²) in [6.45, 7) is 38.4. The van der Waals surface area contributed by atoms with E-state index >= 15 is 0 Å². The molecule has 0 bridgehead atoms. The van der Waals surface area contributed by atoms with E-state index in [0.29, 0.717) is 53.6 Å². The molecule has 0 radical (unpaired) electrons. The van der Waals surface area contributed by atoms with Crippen LogP contribution < -0.4 is 9.47 Å². The molecular weight excluding hydrogens is 1310 g/mol. The van der Waals surface area contributed by atoms with Gasteiger partial charge in [0.25, 0.3) is 0 Å². The number of nitrogens with zero attached hydrogens (tertiary/aromatic N) is 2. The number of hydrogen-bond acceptors (Lipinski definition) is 3. The molecule has 0 unspecified atom stereocenters. The van der Waals surface area contributed by atoms with Crippen molar-refractivity contribution in [2.24, 2.45) is 0 Å². The molecule has 10 aromatic carbocycles. The zero-order chi connectivity index (χ0) is 76.6. The van der Waals surface area contributed by atoms with E-state index in [9.17, 15) is 26.3 Å². The van der Waals surface area contributed by atoms with Crippen molar-refractivity contribution in [3.05, 3.63) is 357 Å². The minimum absolute atomic E-state index is 0.107. The summed E-state index contributed by atoms with van der Waals surface area (Å²) in [4.78, 5) is 4.02. The second-order valence-electron chi connectivity index (χ2n) is 27.5. The average Bonchev–Trinajstić information content (AvgIpc) is 1.87. The third kappa shape index (κ3) is 35.6. The highest BCUT2D eigenvalue weighted by atomic mass is 35.5. The summed E-state index contributed by atoms with van der Waals surface area (Å²) >= 11 is 5.72. The number of benzene rings is 10. The number of hydrogen-bond donors (Lipinski definition) is 0. The molecule has 4 nitrogen and oxygen atoms in total. The smallest absolute Gasteiger partial charge is 0.159 e. The van der Waals surface area contributed by atoms with Gasteiger partial charge >= 0.3 is 0 Å². The predicted molar refractivity (Wildman–Crippen MR) is 424 cm³/mol. The summed E-state index contributed by atoms with van der Waals surface area (Å²) in [5.41, 5.74) is 12.8. The van der Waals surface area contributed by atoms with Crippen molar-refractivity contribution >= 4 is 11.6 Å². The van der Waals surface area contributed by atoms with Crippen LogP contribution in [-0.2, 0) is 6.61 Å². The third-order valence-corrected chi connectivity index (χ3v) is 16.4. The molecular formula is C92H111ClF6N2O2. The molecule has 0 saturated heterocycles. The van der Waals surface area contributed by atoms with Gasteiger partial charge in [0.1, 0.15) is 41.4 Å². The van der Waals surface area contributed by atoms with Gasteiger partial charge in [-0.05, 0) is 200 Å². The maximum absolute atomic E-state index is 12.9. The van der Waals surface area contributed by atoms with Crippen LogP contribution in [0.25, 0.3) is 5.69 Å². The highest BCUT2D eigenvalue weighted by Gasteiger charge is 2.08. The Labute approximate surface area is 619 Å². The van der Waals surface area contributed by atoms with E-state index in [1.807, 2.05) is 124 Å². The van der Waals surface area contributed by atoms with Crippen molar-refractivity contribution in [2.75, 3.05) is 7.11 Å². The number of imidazole rings is 1. The molecule has 11 aromatic rings. The second kappa shape index (κ2) is 47.9. The minimum Gasteiger partial charge on any atom is -0.497 e. The van der Waals surface area contributed by atoms with E-state index in [2.05, 4.69) is 199 Å². The molecule has 0 aliphatic rings. The Bertz CT molecular complexity index is 3940. The Morgan fingerprint density at radius 2 is 0.709 bits per heavy atom. The molecule has 0 fully saturated rings. The van der Waals surface area contributed by atoms with E-state index in [4.69, 9.17) is 21.1 Å². The van der Waals surface area contributed by atoms with Crippen molar-refractivity contribution in [3.8, 4) is 17.2 Å². The van der Waals surface area contributed by atoms with E-state index in [-0.39, 0.29) is 23.5 Å². The Morgan fingerprint density at radius 3 is 1.10 bits per heavy atom. The van der Waals surface area contributed by atoms with Crippen LogP contribution >= 0.6 is 11.6 Å². The van der Waals surface area contributed by atoms with Crippen LogP contribution in [-0.4, -0.2) is 16.7 Å². The van der Waals surface area contributed by atoms with Gasteiger partial charge < -0.3 is 14.0 Å². The van der Waals surface area contributed by atoms with Gasteiger partial charge in [0.05, 0.1) is 13.4 Å². The van der Waals surface area contributed by atoms with Gasteiger partial charge in [-0.1, -0.05) is 282 Å². The largest absolute Gasteiger partial charge is 0.497 e. The normalized spacial score (nSPS) is 10.5. The zero-order valence-electron chi connectivity index (χ0n) is 64.1. The fraction of sp³-hybridized carbons (Fsp3) is 0.315. The highest BCUT2D eigenvalue weighted by molar-refractivity contribution is 6.30. The first-order valence-corrected chi connectivity index (χ1v) is 36.0. The van der Waals surface area contributed by atoms with E-state index in [0.717, 1.165) is 45.5 Å². The van der Waals surface area contributed by atoms with Gasteiger partial charge in [-0.3, -0.25) is 0 Å².